The Bertz CT molecular complexity index is 608. The number of aromatic nitrogens is 1. The third-order valence-electron chi connectivity index (χ3n) is 2.89. The molecule has 1 aromatic heterocycles. The van der Waals surface area contributed by atoms with Crippen LogP contribution < -0.4 is 4.74 Å². The lowest BCUT2D eigenvalue weighted by Crippen LogP contribution is -2.03. The van der Waals surface area contributed by atoms with Gasteiger partial charge in [0.25, 0.3) is 0 Å². The lowest BCUT2D eigenvalue weighted by molar-refractivity contribution is 0.0600. The van der Waals surface area contributed by atoms with Gasteiger partial charge in [0.05, 0.1) is 25.5 Å². The third-order valence-corrected chi connectivity index (χ3v) is 2.89. The van der Waals surface area contributed by atoms with Crippen molar-refractivity contribution in [3.63, 3.8) is 0 Å². The van der Waals surface area contributed by atoms with Gasteiger partial charge < -0.3 is 9.47 Å². The molecule has 0 aliphatic heterocycles. The van der Waals surface area contributed by atoms with Crippen LogP contribution in [-0.4, -0.2) is 25.2 Å². The zero-order valence-electron chi connectivity index (χ0n) is 11.1. The van der Waals surface area contributed by atoms with Gasteiger partial charge in [0.1, 0.15) is 5.75 Å². The molecule has 0 spiro atoms. The van der Waals surface area contributed by atoms with Crippen LogP contribution in [0.3, 0.4) is 0 Å². The zero-order valence-corrected chi connectivity index (χ0v) is 11.1. The molecule has 1 aromatic carbocycles. The van der Waals surface area contributed by atoms with Crippen molar-refractivity contribution in [2.45, 2.75) is 6.92 Å². The third kappa shape index (κ3) is 2.73. The smallest absolute Gasteiger partial charge is 0.338 e. The fourth-order valence-corrected chi connectivity index (χ4v) is 1.86. The number of hydrogen-bond donors (Lipinski definition) is 0. The summed E-state index contributed by atoms with van der Waals surface area (Å²) in [5.41, 5.74) is 3.16. The summed E-state index contributed by atoms with van der Waals surface area (Å²) in [5, 5.41) is 0. The lowest BCUT2D eigenvalue weighted by atomic mass is 10.0. The van der Waals surface area contributed by atoms with E-state index in [0.717, 1.165) is 22.6 Å². The number of rotatable bonds is 3. The van der Waals surface area contributed by atoms with Gasteiger partial charge in [-0.2, -0.15) is 0 Å². The summed E-state index contributed by atoms with van der Waals surface area (Å²) in [7, 11) is 2.99. The minimum absolute atomic E-state index is 0.331. The molecule has 0 N–H and O–H groups in total. The van der Waals surface area contributed by atoms with E-state index in [1.54, 1.807) is 25.4 Å². The number of carbonyl (C=O) groups excluding carboxylic acids is 1. The Morgan fingerprint density at radius 2 is 1.95 bits per heavy atom. The van der Waals surface area contributed by atoms with Gasteiger partial charge in [-0.1, -0.05) is 6.07 Å². The van der Waals surface area contributed by atoms with Gasteiger partial charge in [-0.25, -0.2) is 4.79 Å². The molecule has 0 aliphatic carbocycles. The molecular weight excluding hydrogens is 242 g/mol. The minimum atomic E-state index is -0.331. The van der Waals surface area contributed by atoms with E-state index in [9.17, 15) is 4.79 Å². The number of nitrogens with zero attached hydrogens (tertiary/aromatic N) is 1. The minimum Gasteiger partial charge on any atom is -0.497 e. The molecule has 2 rings (SSSR count). The van der Waals surface area contributed by atoms with Gasteiger partial charge in [-0.15, -0.1) is 0 Å². The standard InChI is InChI=1S/C15H15NO3/c1-10-8-11(4-5-13(10)15(17)19-3)14-9-12(18-2)6-7-16-14/h4-9H,1-3H3. The first kappa shape index (κ1) is 13.1. The van der Waals surface area contributed by atoms with Crippen LogP contribution in [0.25, 0.3) is 11.3 Å². The average Bonchev–Trinajstić information content (AvgIpc) is 2.46. The number of hydrogen-bond acceptors (Lipinski definition) is 4. The molecule has 0 bridgehead atoms. The Labute approximate surface area is 112 Å². The molecule has 0 aliphatic rings. The summed E-state index contributed by atoms with van der Waals surface area (Å²) >= 11 is 0. The maximum Gasteiger partial charge on any atom is 0.338 e. The van der Waals surface area contributed by atoms with Crippen molar-refractivity contribution >= 4 is 5.97 Å². The number of methoxy groups -OCH3 is 2. The molecule has 0 atom stereocenters. The Morgan fingerprint density at radius 1 is 1.16 bits per heavy atom. The number of pyridine rings is 1. The Hall–Kier alpha value is -2.36. The van der Waals surface area contributed by atoms with Gasteiger partial charge >= 0.3 is 5.97 Å². The van der Waals surface area contributed by atoms with Crippen molar-refractivity contribution in [2.75, 3.05) is 14.2 Å². The fraction of sp³-hybridized carbons (Fsp3) is 0.200. The molecule has 0 amide bonds. The maximum atomic E-state index is 11.5. The molecule has 4 heteroatoms. The normalized spacial score (nSPS) is 10.1. The van der Waals surface area contributed by atoms with Crippen LogP contribution in [0.15, 0.2) is 36.5 Å². The second-order valence-electron chi connectivity index (χ2n) is 4.10. The molecule has 0 radical (unpaired) electrons. The van der Waals surface area contributed by atoms with E-state index in [-0.39, 0.29) is 5.97 Å². The van der Waals surface area contributed by atoms with Gasteiger partial charge in [-0.3, -0.25) is 4.98 Å². The highest BCUT2D eigenvalue weighted by atomic mass is 16.5. The topological polar surface area (TPSA) is 48.4 Å². The molecule has 4 nitrogen and oxygen atoms in total. The monoisotopic (exact) mass is 257 g/mol. The van der Waals surface area contributed by atoms with Crippen LogP contribution >= 0.6 is 0 Å². The molecule has 98 valence electrons. The van der Waals surface area contributed by atoms with Crippen LogP contribution in [0.5, 0.6) is 5.75 Å². The van der Waals surface area contributed by atoms with Gasteiger partial charge in [0.2, 0.25) is 0 Å². The van der Waals surface area contributed by atoms with E-state index in [0.29, 0.717) is 5.56 Å². The second kappa shape index (κ2) is 5.52. The van der Waals surface area contributed by atoms with Crippen LogP contribution in [0, 0.1) is 6.92 Å². The van der Waals surface area contributed by atoms with Gasteiger partial charge in [0.15, 0.2) is 0 Å². The van der Waals surface area contributed by atoms with Crippen molar-refractivity contribution < 1.29 is 14.3 Å². The van der Waals surface area contributed by atoms with Crippen LogP contribution in [0.1, 0.15) is 15.9 Å². The van der Waals surface area contributed by atoms with Crippen molar-refractivity contribution in [2.24, 2.45) is 0 Å². The second-order valence-corrected chi connectivity index (χ2v) is 4.10. The molecular formula is C15H15NO3. The van der Waals surface area contributed by atoms with E-state index in [1.807, 2.05) is 25.1 Å². The number of ether oxygens (including phenoxy) is 2. The average molecular weight is 257 g/mol. The van der Waals surface area contributed by atoms with E-state index >= 15 is 0 Å². The number of aryl methyl sites for hydroxylation is 1. The predicted octanol–water partition coefficient (Wildman–Crippen LogP) is 2.85. The van der Waals surface area contributed by atoms with Crippen LogP contribution in [0.4, 0.5) is 0 Å². The van der Waals surface area contributed by atoms with Crippen molar-refractivity contribution in [1.82, 2.24) is 4.98 Å². The number of carbonyl (C=O) groups is 1. The fourth-order valence-electron chi connectivity index (χ4n) is 1.86. The molecule has 1 heterocycles. The SMILES string of the molecule is COC(=O)c1ccc(-c2cc(OC)ccn2)cc1C. The molecule has 0 unspecified atom stereocenters. The largest absolute Gasteiger partial charge is 0.497 e. The highest BCUT2D eigenvalue weighted by molar-refractivity contribution is 5.91. The van der Waals surface area contributed by atoms with Gasteiger partial charge in [0, 0.05) is 17.8 Å². The number of benzene rings is 1. The quantitative estimate of drug-likeness (QED) is 0.793. The molecule has 19 heavy (non-hydrogen) atoms. The highest BCUT2D eigenvalue weighted by Gasteiger charge is 2.10. The molecule has 0 saturated heterocycles. The molecule has 0 fully saturated rings. The van der Waals surface area contributed by atoms with Crippen LogP contribution in [0.2, 0.25) is 0 Å². The van der Waals surface area contributed by atoms with Crippen LogP contribution in [-0.2, 0) is 4.74 Å². The molecule has 0 saturated carbocycles. The predicted molar refractivity (Wildman–Crippen MR) is 72.3 cm³/mol. The Morgan fingerprint density at radius 3 is 2.58 bits per heavy atom. The van der Waals surface area contributed by atoms with E-state index in [2.05, 4.69) is 4.98 Å². The van der Waals surface area contributed by atoms with E-state index in [4.69, 9.17) is 9.47 Å². The summed E-state index contributed by atoms with van der Waals surface area (Å²) < 4.78 is 9.90. The first-order chi connectivity index (χ1) is 9.15. The first-order valence-corrected chi connectivity index (χ1v) is 5.85. The van der Waals surface area contributed by atoms with E-state index < -0.39 is 0 Å². The summed E-state index contributed by atoms with van der Waals surface area (Å²) in [6.45, 7) is 1.87. The summed E-state index contributed by atoms with van der Waals surface area (Å²) in [4.78, 5) is 15.8. The first-order valence-electron chi connectivity index (χ1n) is 5.85. The highest BCUT2D eigenvalue weighted by Crippen LogP contribution is 2.23. The number of esters is 1. The lowest BCUT2D eigenvalue weighted by Gasteiger charge is -2.07. The van der Waals surface area contributed by atoms with E-state index in [1.165, 1.54) is 7.11 Å². The Kier molecular flexibility index (Phi) is 3.80. The summed E-state index contributed by atoms with van der Waals surface area (Å²) in [6.07, 6.45) is 1.69. The van der Waals surface area contributed by atoms with Crippen molar-refractivity contribution in [3.05, 3.63) is 47.7 Å². The van der Waals surface area contributed by atoms with Gasteiger partial charge in [-0.05, 0) is 30.7 Å². The summed E-state index contributed by atoms with van der Waals surface area (Å²) in [5.74, 6) is 0.419. The Balaban J connectivity index is 2.41. The van der Waals surface area contributed by atoms with Crippen molar-refractivity contribution in [3.8, 4) is 17.0 Å². The molecule has 2 aromatic rings. The maximum absolute atomic E-state index is 11.5. The zero-order chi connectivity index (χ0) is 13.8. The summed E-state index contributed by atoms with van der Waals surface area (Å²) in [6, 6.07) is 9.15. The van der Waals surface area contributed by atoms with Crippen molar-refractivity contribution in [1.29, 1.82) is 0 Å².